The van der Waals surface area contributed by atoms with Gasteiger partial charge in [0.05, 0.1) is 17.9 Å². The lowest BCUT2D eigenvalue weighted by molar-refractivity contribution is -0.140. The van der Waals surface area contributed by atoms with Crippen LogP contribution < -0.4 is 4.90 Å². The molecule has 2 aliphatic rings. The molecular formula is C22H19ClN2O3S. The molecule has 1 unspecified atom stereocenters. The fourth-order valence-electron chi connectivity index (χ4n) is 3.79. The number of para-hydroxylation sites is 1. The SMILES string of the molecule is CCOC(=O)C1=CSC(=Nc2ccc(Cl)cc2)C12C(=O)N(CC)c1ccccc12. The van der Waals surface area contributed by atoms with E-state index >= 15 is 0 Å². The Labute approximate surface area is 178 Å². The number of hydrogen-bond donors (Lipinski definition) is 0. The number of nitrogens with zero attached hydrogens (tertiary/aromatic N) is 2. The molecule has 2 aromatic carbocycles. The maximum absolute atomic E-state index is 13.8. The van der Waals surface area contributed by atoms with E-state index in [0.29, 0.717) is 27.9 Å². The van der Waals surface area contributed by atoms with Crippen molar-refractivity contribution < 1.29 is 14.3 Å². The van der Waals surface area contributed by atoms with Gasteiger partial charge in [-0.05, 0) is 49.6 Å². The molecule has 0 aromatic heterocycles. The molecule has 0 saturated heterocycles. The van der Waals surface area contributed by atoms with Gasteiger partial charge in [-0.25, -0.2) is 9.79 Å². The summed E-state index contributed by atoms with van der Waals surface area (Å²) in [6, 6.07) is 14.6. The highest BCUT2D eigenvalue weighted by Crippen LogP contribution is 2.54. The number of halogens is 1. The lowest BCUT2D eigenvalue weighted by Crippen LogP contribution is -2.46. The topological polar surface area (TPSA) is 59.0 Å². The minimum Gasteiger partial charge on any atom is -0.463 e. The van der Waals surface area contributed by atoms with Crippen LogP contribution >= 0.6 is 23.4 Å². The number of amides is 1. The zero-order valence-corrected chi connectivity index (χ0v) is 17.6. The van der Waals surface area contributed by atoms with Crippen molar-refractivity contribution in [3.8, 4) is 0 Å². The van der Waals surface area contributed by atoms with Crippen LogP contribution in [0.15, 0.2) is 64.5 Å². The van der Waals surface area contributed by atoms with Crippen molar-refractivity contribution in [3.05, 3.63) is 70.1 Å². The minimum absolute atomic E-state index is 0.182. The third-order valence-electron chi connectivity index (χ3n) is 5.05. The van der Waals surface area contributed by atoms with Crippen LogP contribution in [0.3, 0.4) is 0 Å². The van der Waals surface area contributed by atoms with Crippen molar-refractivity contribution in [2.24, 2.45) is 4.99 Å². The molecular weight excluding hydrogens is 408 g/mol. The molecule has 7 heteroatoms. The van der Waals surface area contributed by atoms with Gasteiger partial charge in [0.25, 0.3) is 0 Å². The lowest BCUT2D eigenvalue weighted by Gasteiger charge is -2.26. The first kappa shape index (κ1) is 19.7. The molecule has 148 valence electrons. The summed E-state index contributed by atoms with van der Waals surface area (Å²) in [5, 5.41) is 2.84. The number of thioether (sulfide) groups is 1. The van der Waals surface area contributed by atoms with Crippen molar-refractivity contribution in [2.45, 2.75) is 19.3 Å². The average molecular weight is 427 g/mol. The summed E-state index contributed by atoms with van der Waals surface area (Å²) in [6.45, 7) is 4.39. The van der Waals surface area contributed by atoms with Crippen LogP contribution in [0.4, 0.5) is 11.4 Å². The van der Waals surface area contributed by atoms with Crippen molar-refractivity contribution >= 4 is 51.7 Å². The highest BCUT2D eigenvalue weighted by atomic mass is 35.5. The fraction of sp³-hybridized carbons (Fsp3) is 0.227. The molecule has 0 saturated carbocycles. The van der Waals surface area contributed by atoms with Crippen molar-refractivity contribution in [2.75, 3.05) is 18.1 Å². The second kappa shape index (κ2) is 7.69. The fourth-order valence-corrected chi connectivity index (χ4v) is 5.06. The van der Waals surface area contributed by atoms with Crippen LogP contribution in [-0.4, -0.2) is 30.1 Å². The number of likely N-dealkylation sites (N-methyl/N-ethyl adjacent to an activating group) is 1. The quantitative estimate of drug-likeness (QED) is 0.654. The van der Waals surface area contributed by atoms with Gasteiger partial charge in [-0.3, -0.25) is 4.79 Å². The Bertz CT molecular complexity index is 1050. The highest BCUT2D eigenvalue weighted by Gasteiger charge is 2.61. The van der Waals surface area contributed by atoms with Gasteiger partial charge in [-0.2, -0.15) is 0 Å². The number of aliphatic imine (C=N–C) groups is 1. The summed E-state index contributed by atoms with van der Waals surface area (Å²) >= 11 is 7.28. The third kappa shape index (κ3) is 2.98. The summed E-state index contributed by atoms with van der Waals surface area (Å²) in [5.74, 6) is -0.680. The summed E-state index contributed by atoms with van der Waals surface area (Å²) in [4.78, 5) is 33.1. The Kier molecular flexibility index (Phi) is 5.23. The Hall–Kier alpha value is -2.57. The van der Waals surface area contributed by atoms with E-state index in [2.05, 4.69) is 0 Å². The predicted molar refractivity (Wildman–Crippen MR) is 117 cm³/mol. The van der Waals surface area contributed by atoms with Gasteiger partial charge in [-0.15, -0.1) is 0 Å². The van der Waals surface area contributed by atoms with E-state index in [4.69, 9.17) is 21.3 Å². The van der Waals surface area contributed by atoms with Gasteiger partial charge >= 0.3 is 5.97 Å². The number of rotatable bonds is 4. The minimum atomic E-state index is -1.29. The van der Waals surface area contributed by atoms with Crippen LogP contribution in [0.2, 0.25) is 5.02 Å². The largest absolute Gasteiger partial charge is 0.463 e. The number of carbonyl (C=O) groups excluding carboxylic acids is 2. The zero-order valence-electron chi connectivity index (χ0n) is 16.0. The van der Waals surface area contributed by atoms with E-state index in [1.54, 1.807) is 41.5 Å². The number of ether oxygens (including phenoxy) is 1. The number of fused-ring (bicyclic) bond motifs is 2. The maximum Gasteiger partial charge on any atom is 0.336 e. The highest BCUT2D eigenvalue weighted by molar-refractivity contribution is 8.17. The van der Waals surface area contributed by atoms with Gasteiger partial charge in [0.15, 0.2) is 5.41 Å². The van der Waals surface area contributed by atoms with Crippen LogP contribution in [0, 0.1) is 0 Å². The third-order valence-corrected chi connectivity index (χ3v) is 6.27. The van der Waals surface area contributed by atoms with Crippen LogP contribution in [0.25, 0.3) is 0 Å². The molecule has 4 rings (SSSR count). The first-order valence-corrected chi connectivity index (χ1v) is 10.6. The van der Waals surface area contributed by atoms with E-state index in [1.807, 2.05) is 31.2 Å². The van der Waals surface area contributed by atoms with Crippen LogP contribution in [0.5, 0.6) is 0 Å². The van der Waals surface area contributed by atoms with Gasteiger partial charge in [0.1, 0.15) is 5.04 Å². The summed E-state index contributed by atoms with van der Waals surface area (Å²) in [5.41, 5.74) is 1.23. The molecule has 2 heterocycles. The molecule has 1 atom stereocenters. The van der Waals surface area contributed by atoms with Gasteiger partial charge in [-0.1, -0.05) is 41.6 Å². The first-order valence-electron chi connectivity index (χ1n) is 9.34. The van der Waals surface area contributed by atoms with E-state index in [-0.39, 0.29) is 12.5 Å². The second-order valence-corrected chi connectivity index (χ2v) is 7.87. The summed E-state index contributed by atoms with van der Waals surface area (Å²) in [7, 11) is 0. The monoisotopic (exact) mass is 426 g/mol. The molecule has 0 N–H and O–H groups in total. The summed E-state index contributed by atoms with van der Waals surface area (Å²) < 4.78 is 5.30. The lowest BCUT2D eigenvalue weighted by atomic mass is 9.76. The molecule has 0 fully saturated rings. The molecule has 29 heavy (non-hydrogen) atoms. The normalized spacial score (nSPS) is 21.6. The smallest absolute Gasteiger partial charge is 0.336 e. The molecule has 0 radical (unpaired) electrons. The molecule has 1 spiro atoms. The summed E-state index contributed by atoms with van der Waals surface area (Å²) in [6.07, 6.45) is 0. The standard InChI is InChI=1S/C22H19ClN2O3S/c1-3-25-18-8-6-5-7-16(18)22(21(25)27)17(19(26)28-4-2)13-29-20(22)24-15-11-9-14(23)10-12-15/h5-13H,3-4H2,1-2H3. The molecule has 0 bridgehead atoms. The molecule has 1 amide bonds. The van der Waals surface area contributed by atoms with Gasteiger partial charge in [0.2, 0.25) is 5.91 Å². The van der Waals surface area contributed by atoms with Gasteiger partial charge < -0.3 is 9.64 Å². The predicted octanol–water partition coefficient (Wildman–Crippen LogP) is 4.87. The Balaban J connectivity index is 1.95. The van der Waals surface area contributed by atoms with Crippen molar-refractivity contribution in [1.82, 2.24) is 0 Å². The maximum atomic E-state index is 13.8. The Morgan fingerprint density at radius 3 is 2.59 bits per heavy atom. The molecule has 2 aliphatic heterocycles. The van der Waals surface area contributed by atoms with Crippen molar-refractivity contribution in [3.63, 3.8) is 0 Å². The van der Waals surface area contributed by atoms with Crippen LogP contribution in [0.1, 0.15) is 19.4 Å². The van der Waals surface area contributed by atoms with E-state index in [9.17, 15) is 9.59 Å². The Morgan fingerprint density at radius 1 is 1.17 bits per heavy atom. The first-order chi connectivity index (χ1) is 14.0. The Morgan fingerprint density at radius 2 is 1.90 bits per heavy atom. The molecule has 5 nitrogen and oxygen atoms in total. The number of hydrogen-bond acceptors (Lipinski definition) is 5. The number of carbonyl (C=O) groups is 2. The number of benzene rings is 2. The molecule has 2 aromatic rings. The van der Waals surface area contributed by atoms with Gasteiger partial charge in [0, 0.05) is 22.8 Å². The second-order valence-electron chi connectivity index (χ2n) is 6.58. The van der Waals surface area contributed by atoms with Crippen LogP contribution in [-0.2, 0) is 19.7 Å². The van der Waals surface area contributed by atoms with Crippen molar-refractivity contribution in [1.29, 1.82) is 0 Å². The van der Waals surface area contributed by atoms with E-state index in [0.717, 1.165) is 11.3 Å². The molecule has 0 aliphatic carbocycles. The number of anilines is 1. The van der Waals surface area contributed by atoms with E-state index in [1.165, 1.54) is 11.8 Å². The average Bonchev–Trinajstić information content (AvgIpc) is 3.21. The number of esters is 1. The van der Waals surface area contributed by atoms with E-state index < -0.39 is 11.4 Å². The zero-order chi connectivity index (χ0) is 20.6.